The number of rotatable bonds is 9. The first-order chi connectivity index (χ1) is 13.0. The van der Waals surface area contributed by atoms with E-state index in [1.165, 1.54) is 21.3 Å². The van der Waals surface area contributed by atoms with Gasteiger partial charge in [0.1, 0.15) is 12.5 Å². The standard InChI is InChI=1S/C19H21IO7/c1-22-11-26-10-12-6-5-7-13(8-12)27-19(21)14-9-15(23-2)17(24-3)18(25-4)16(14)20/h5-9H,10-11H2,1-4H3. The molecule has 8 heteroatoms. The lowest BCUT2D eigenvalue weighted by molar-refractivity contribution is -0.0391. The molecule has 27 heavy (non-hydrogen) atoms. The van der Waals surface area contributed by atoms with Gasteiger partial charge < -0.3 is 28.4 Å². The summed E-state index contributed by atoms with van der Waals surface area (Å²) in [6, 6.07) is 8.66. The van der Waals surface area contributed by atoms with Crippen LogP contribution in [-0.4, -0.2) is 41.2 Å². The van der Waals surface area contributed by atoms with Crippen LogP contribution in [0.1, 0.15) is 15.9 Å². The summed E-state index contributed by atoms with van der Waals surface area (Å²) in [5, 5.41) is 0. The van der Waals surface area contributed by atoms with Gasteiger partial charge in [0.15, 0.2) is 11.5 Å². The fourth-order valence-corrected chi connectivity index (χ4v) is 3.21. The normalized spacial score (nSPS) is 10.4. The van der Waals surface area contributed by atoms with Crippen LogP contribution in [0, 0.1) is 3.57 Å². The van der Waals surface area contributed by atoms with Crippen LogP contribution in [0.5, 0.6) is 23.0 Å². The Kier molecular flexibility index (Phi) is 8.14. The Morgan fingerprint density at radius 3 is 2.37 bits per heavy atom. The lowest BCUT2D eigenvalue weighted by Gasteiger charge is -2.16. The fourth-order valence-electron chi connectivity index (χ4n) is 2.37. The molecule has 0 N–H and O–H groups in total. The Morgan fingerprint density at radius 1 is 1.00 bits per heavy atom. The molecule has 0 atom stereocenters. The van der Waals surface area contributed by atoms with E-state index in [0.29, 0.717) is 38.7 Å². The summed E-state index contributed by atoms with van der Waals surface area (Å²) in [5.74, 6) is 1.07. The van der Waals surface area contributed by atoms with E-state index >= 15 is 0 Å². The van der Waals surface area contributed by atoms with Crippen molar-refractivity contribution in [3.8, 4) is 23.0 Å². The van der Waals surface area contributed by atoms with Gasteiger partial charge in [-0.2, -0.15) is 0 Å². The molecule has 0 saturated carbocycles. The number of hydrogen-bond acceptors (Lipinski definition) is 7. The number of halogens is 1. The summed E-state index contributed by atoms with van der Waals surface area (Å²) in [6.07, 6.45) is 0. The molecule has 0 unspecified atom stereocenters. The van der Waals surface area contributed by atoms with E-state index in [4.69, 9.17) is 28.4 Å². The van der Waals surface area contributed by atoms with Crippen LogP contribution >= 0.6 is 22.6 Å². The van der Waals surface area contributed by atoms with Crippen molar-refractivity contribution >= 4 is 28.6 Å². The average Bonchev–Trinajstić information content (AvgIpc) is 2.67. The van der Waals surface area contributed by atoms with Gasteiger partial charge in [0.05, 0.1) is 37.1 Å². The quantitative estimate of drug-likeness (QED) is 0.176. The molecule has 2 aromatic rings. The van der Waals surface area contributed by atoms with Crippen LogP contribution in [0.3, 0.4) is 0 Å². The third-order valence-corrected chi connectivity index (χ3v) is 4.64. The van der Waals surface area contributed by atoms with Gasteiger partial charge >= 0.3 is 5.97 Å². The molecular weight excluding hydrogens is 467 g/mol. The van der Waals surface area contributed by atoms with Gasteiger partial charge in [-0.3, -0.25) is 0 Å². The summed E-state index contributed by atoms with van der Waals surface area (Å²) in [6.45, 7) is 0.536. The van der Waals surface area contributed by atoms with Crippen LogP contribution in [0.15, 0.2) is 30.3 Å². The minimum absolute atomic E-state index is 0.188. The first-order valence-electron chi connectivity index (χ1n) is 7.92. The Hall–Kier alpha value is -2.04. The first-order valence-corrected chi connectivity index (χ1v) is 8.99. The SMILES string of the molecule is COCOCc1cccc(OC(=O)c2cc(OC)c(OC)c(OC)c2I)c1. The number of carbonyl (C=O) groups is 1. The highest BCUT2D eigenvalue weighted by molar-refractivity contribution is 14.1. The monoisotopic (exact) mass is 488 g/mol. The smallest absolute Gasteiger partial charge is 0.344 e. The van der Waals surface area contributed by atoms with Gasteiger partial charge in [-0.15, -0.1) is 0 Å². The molecule has 7 nitrogen and oxygen atoms in total. The van der Waals surface area contributed by atoms with Crippen molar-refractivity contribution in [1.29, 1.82) is 0 Å². The van der Waals surface area contributed by atoms with E-state index < -0.39 is 5.97 Å². The maximum Gasteiger partial charge on any atom is 0.344 e. The molecule has 0 aliphatic rings. The third-order valence-electron chi connectivity index (χ3n) is 3.57. The molecule has 0 amide bonds. The molecule has 0 fully saturated rings. The summed E-state index contributed by atoms with van der Waals surface area (Å²) >= 11 is 2.01. The van der Waals surface area contributed by atoms with E-state index in [-0.39, 0.29) is 6.79 Å². The van der Waals surface area contributed by atoms with Crippen LogP contribution in [-0.2, 0) is 16.1 Å². The van der Waals surface area contributed by atoms with Gasteiger partial charge in [-0.25, -0.2) is 4.79 Å². The highest BCUT2D eigenvalue weighted by atomic mass is 127. The molecule has 2 rings (SSSR count). The van der Waals surface area contributed by atoms with Gasteiger partial charge in [-0.1, -0.05) is 12.1 Å². The minimum Gasteiger partial charge on any atom is -0.493 e. The summed E-state index contributed by atoms with van der Waals surface area (Å²) < 4.78 is 32.2. The minimum atomic E-state index is -0.534. The Bertz CT molecular complexity index is 792. The van der Waals surface area contributed by atoms with E-state index in [0.717, 1.165) is 5.56 Å². The molecule has 0 saturated heterocycles. The van der Waals surface area contributed by atoms with Crippen LogP contribution in [0.2, 0.25) is 0 Å². The molecule has 0 radical (unpaired) electrons. The van der Waals surface area contributed by atoms with Crippen LogP contribution < -0.4 is 18.9 Å². The largest absolute Gasteiger partial charge is 0.493 e. The predicted molar refractivity (Wildman–Crippen MR) is 107 cm³/mol. The molecule has 0 bridgehead atoms. The fraction of sp³-hybridized carbons (Fsp3) is 0.316. The highest BCUT2D eigenvalue weighted by Gasteiger charge is 2.24. The molecule has 0 spiro atoms. The number of methoxy groups -OCH3 is 4. The van der Waals surface area contributed by atoms with Gasteiger partial charge in [0.25, 0.3) is 0 Å². The summed E-state index contributed by atoms with van der Waals surface area (Å²) in [4.78, 5) is 12.7. The zero-order valence-electron chi connectivity index (χ0n) is 15.5. The molecule has 0 aromatic heterocycles. The predicted octanol–water partition coefficient (Wildman–Crippen LogP) is 3.66. The molecule has 0 aliphatic carbocycles. The summed E-state index contributed by atoms with van der Waals surface area (Å²) in [5.41, 5.74) is 1.17. The summed E-state index contributed by atoms with van der Waals surface area (Å²) in [7, 11) is 6.05. The molecule has 2 aromatic carbocycles. The van der Waals surface area contributed by atoms with Crippen molar-refractivity contribution in [3.05, 3.63) is 45.0 Å². The number of carbonyl (C=O) groups excluding carboxylic acids is 1. The zero-order chi connectivity index (χ0) is 19.8. The second-order valence-electron chi connectivity index (χ2n) is 5.30. The molecular formula is C19H21IO7. The maximum atomic E-state index is 12.7. The highest BCUT2D eigenvalue weighted by Crippen LogP contribution is 2.42. The molecule has 146 valence electrons. The van der Waals surface area contributed by atoms with E-state index in [1.54, 1.807) is 31.4 Å². The van der Waals surface area contributed by atoms with Crippen molar-refractivity contribution in [2.75, 3.05) is 35.2 Å². The number of esters is 1. The Morgan fingerprint density at radius 2 is 1.74 bits per heavy atom. The topological polar surface area (TPSA) is 72.5 Å². The average molecular weight is 488 g/mol. The van der Waals surface area contributed by atoms with E-state index in [9.17, 15) is 4.79 Å². The van der Waals surface area contributed by atoms with Gasteiger partial charge in [0, 0.05) is 7.11 Å². The second-order valence-corrected chi connectivity index (χ2v) is 6.38. The van der Waals surface area contributed by atoms with Crippen molar-refractivity contribution < 1.29 is 33.2 Å². The van der Waals surface area contributed by atoms with E-state index in [2.05, 4.69) is 0 Å². The number of benzene rings is 2. The lowest BCUT2D eigenvalue weighted by atomic mass is 10.1. The van der Waals surface area contributed by atoms with Crippen LogP contribution in [0.4, 0.5) is 0 Å². The third kappa shape index (κ3) is 5.24. The molecule has 0 heterocycles. The lowest BCUT2D eigenvalue weighted by Crippen LogP contribution is -2.12. The van der Waals surface area contributed by atoms with Crippen LogP contribution in [0.25, 0.3) is 0 Å². The maximum absolute atomic E-state index is 12.7. The van der Waals surface area contributed by atoms with Crippen molar-refractivity contribution in [2.24, 2.45) is 0 Å². The Labute approximate surface area is 171 Å². The first kappa shape index (κ1) is 21.3. The van der Waals surface area contributed by atoms with Gasteiger partial charge in [-0.05, 0) is 46.4 Å². The number of hydrogen-bond donors (Lipinski definition) is 0. The van der Waals surface area contributed by atoms with Crippen molar-refractivity contribution in [1.82, 2.24) is 0 Å². The Balaban J connectivity index is 2.27. The van der Waals surface area contributed by atoms with E-state index in [1.807, 2.05) is 28.7 Å². The second kappa shape index (κ2) is 10.3. The van der Waals surface area contributed by atoms with Crippen molar-refractivity contribution in [2.45, 2.75) is 6.61 Å². The zero-order valence-corrected chi connectivity index (χ0v) is 17.7. The van der Waals surface area contributed by atoms with Crippen molar-refractivity contribution in [3.63, 3.8) is 0 Å². The van der Waals surface area contributed by atoms with Gasteiger partial charge in [0.2, 0.25) is 5.75 Å². The molecule has 0 aliphatic heterocycles. The number of ether oxygens (including phenoxy) is 6.